The molecule has 0 radical (unpaired) electrons. The molecule has 7 nitrogen and oxygen atoms in total. The highest BCUT2D eigenvalue weighted by molar-refractivity contribution is 7.86. The summed E-state index contributed by atoms with van der Waals surface area (Å²) in [5, 5.41) is -2.79. The zero-order valence-corrected chi connectivity index (χ0v) is 16.9. The molecule has 1 fully saturated rings. The zero-order valence-electron chi connectivity index (χ0n) is 16.1. The summed E-state index contributed by atoms with van der Waals surface area (Å²) in [5.74, 6) is -1.48. The van der Waals surface area contributed by atoms with E-state index < -0.39 is 27.4 Å². The molecule has 2 atom stereocenters. The van der Waals surface area contributed by atoms with Crippen LogP contribution in [0.25, 0.3) is 10.8 Å². The van der Waals surface area contributed by atoms with Crippen LogP contribution < -0.4 is 4.90 Å². The van der Waals surface area contributed by atoms with Crippen LogP contribution in [-0.4, -0.2) is 42.8 Å². The molecule has 0 aliphatic carbocycles. The first-order chi connectivity index (χ1) is 14.0. The SMILES string of the molecule is CC(OC(=O)CC1CCC(=O)N(c2cccc3ccccc23)C1)C(F)(F)S(=O)(=O)O. The third-order valence-corrected chi connectivity index (χ3v) is 6.17. The van der Waals surface area contributed by atoms with Crippen LogP contribution >= 0.6 is 0 Å². The van der Waals surface area contributed by atoms with Gasteiger partial charge in [-0.1, -0.05) is 36.4 Å². The first-order valence-corrected chi connectivity index (χ1v) is 10.8. The van der Waals surface area contributed by atoms with Crippen LogP contribution in [0.4, 0.5) is 14.5 Å². The van der Waals surface area contributed by atoms with Crippen molar-refractivity contribution in [2.75, 3.05) is 11.4 Å². The first-order valence-electron chi connectivity index (χ1n) is 9.33. The number of piperidine rings is 1. The quantitative estimate of drug-likeness (QED) is 0.545. The molecule has 0 aromatic heterocycles. The lowest BCUT2D eigenvalue weighted by molar-refractivity contribution is -0.160. The largest absolute Gasteiger partial charge is 0.455 e. The van der Waals surface area contributed by atoms with Gasteiger partial charge in [0.15, 0.2) is 6.10 Å². The molecule has 1 aliphatic heterocycles. The van der Waals surface area contributed by atoms with E-state index in [0.29, 0.717) is 19.0 Å². The van der Waals surface area contributed by atoms with Gasteiger partial charge in [-0.3, -0.25) is 14.1 Å². The Labute approximate surface area is 172 Å². The number of benzene rings is 2. The van der Waals surface area contributed by atoms with Crippen molar-refractivity contribution in [1.82, 2.24) is 0 Å². The average Bonchev–Trinajstić information content (AvgIpc) is 2.68. The van der Waals surface area contributed by atoms with Gasteiger partial charge in [-0.05, 0) is 30.7 Å². The van der Waals surface area contributed by atoms with Crippen molar-refractivity contribution in [2.24, 2.45) is 5.92 Å². The Morgan fingerprint density at radius 3 is 2.63 bits per heavy atom. The number of alkyl halides is 2. The van der Waals surface area contributed by atoms with Gasteiger partial charge in [-0.25, -0.2) is 0 Å². The van der Waals surface area contributed by atoms with Crippen molar-refractivity contribution in [3.05, 3.63) is 42.5 Å². The van der Waals surface area contributed by atoms with E-state index in [9.17, 15) is 26.8 Å². The molecular formula is C20H21F2NO6S. The maximum Gasteiger partial charge on any atom is 0.405 e. The molecule has 2 aromatic rings. The fraction of sp³-hybridized carbons (Fsp3) is 0.400. The van der Waals surface area contributed by atoms with Gasteiger partial charge in [0.1, 0.15) is 0 Å². The van der Waals surface area contributed by atoms with E-state index in [1.807, 2.05) is 36.4 Å². The van der Waals surface area contributed by atoms with Gasteiger partial charge in [0, 0.05) is 18.4 Å². The van der Waals surface area contributed by atoms with Crippen molar-refractivity contribution in [2.45, 2.75) is 37.5 Å². The van der Waals surface area contributed by atoms with Gasteiger partial charge in [0.25, 0.3) is 0 Å². The van der Waals surface area contributed by atoms with Crippen molar-refractivity contribution in [3.63, 3.8) is 0 Å². The highest BCUT2D eigenvalue weighted by Crippen LogP contribution is 2.32. The van der Waals surface area contributed by atoms with Crippen molar-refractivity contribution < 1.29 is 36.1 Å². The van der Waals surface area contributed by atoms with Crippen molar-refractivity contribution in [1.29, 1.82) is 0 Å². The number of esters is 1. The normalized spacial score (nSPS) is 19.0. The van der Waals surface area contributed by atoms with Gasteiger partial charge >= 0.3 is 21.3 Å². The van der Waals surface area contributed by atoms with Gasteiger partial charge in [-0.2, -0.15) is 17.2 Å². The van der Waals surface area contributed by atoms with Crippen LogP contribution in [0.15, 0.2) is 42.5 Å². The van der Waals surface area contributed by atoms with E-state index in [1.165, 1.54) is 0 Å². The number of ether oxygens (including phenoxy) is 1. The second-order valence-electron chi connectivity index (χ2n) is 7.28. The van der Waals surface area contributed by atoms with Crippen LogP contribution in [0.2, 0.25) is 0 Å². The molecule has 0 spiro atoms. The summed E-state index contributed by atoms with van der Waals surface area (Å²) in [4.78, 5) is 26.2. The van der Waals surface area contributed by atoms with Crippen LogP contribution in [-0.2, 0) is 24.4 Å². The monoisotopic (exact) mass is 441 g/mol. The van der Waals surface area contributed by atoms with E-state index >= 15 is 0 Å². The Bertz CT molecular complexity index is 1070. The predicted octanol–water partition coefficient (Wildman–Crippen LogP) is 3.39. The number of anilines is 1. The predicted molar refractivity (Wildman–Crippen MR) is 106 cm³/mol. The van der Waals surface area contributed by atoms with Crippen molar-refractivity contribution in [3.8, 4) is 0 Å². The number of carbonyl (C=O) groups is 2. The molecule has 10 heteroatoms. The summed E-state index contributed by atoms with van der Waals surface area (Å²) in [7, 11) is -5.72. The standard InChI is InChI=1S/C20H21F2NO6S/c1-13(20(21,22)30(26,27)28)29-19(25)11-14-9-10-18(24)23(12-14)17-8-4-6-15-5-2-3-7-16(15)17/h2-8,13-14H,9-12H2,1H3,(H,26,27,28). The number of fused-ring (bicyclic) bond motifs is 1. The average molecular weight is 441 g/mol. The molecule has 162 valence electrons. The summed E-state index contributed by atoms with van der Waals surface area (Å²) in [6, 6.07) is 13.1. The van der Waals surface area contributed by atoms with E-state index in [-0.39, 0.29) is 31.2 Å². The Balaban J connectivity index is 1.71. The fourth-order valence-corrected chi connectivity index (χ4v) is 3.98. The minimum atomic E-state index is -5.72. The molecule has 0 bridgehead atoms. The van der Waals surface area contributed by atoms with E-state index in [1.54, 1.807) is 11.0 Å². The number of amides is 1. The van der Waals surface area contributed by atoms with E-state index in [4.69, 9.17) is 4.55 Å². The number of carbonyl (C=O) groups excluding carboxylic acids is 2. The second-order valence-corrected chi connectivity index (χ2v) is 8.77. The molecule has 30 heavy (non-hydrogen) atoms. The molecule has 3 rings (SSSR count). The van der Waals surface area contributed by atoms with Gasteiger partial charge in [0.2, 0.25) is 5.91 Å². The summed E-state index contributed by atoms with van der Waals surface area (Å²) in [6.07, 6.45) is -2.06. The third kappa shape index (κ3) is 4.44. The minimum absolute atomic E-state index is 0.109. The summed E-state index contributed by atoms with van der Waals surface area (Å²) in [5.41, 5.74) is 0.697. The molecule has 0 saturated carbocycles. The molecule has 1 N–H and O–H groups in total. The highest BCUT2D eigenvalue weighted by Gasteiger charge is 2.52. The molecule has 1 saturated heterocycles. The molecule has 1 aliphatic rings. The van der Waals surface area contributed by atoms with Crippen LogP contribution in [0.1, 0.15) is 26.2 Å². The summed E-state index contributed by atoms with van der Waals surface area (Å²) in [6.45, 7) is 0.892. The van der Waals surface area contributed by atoms with E-state index in [0.717, 1.165) is 10.8 Å². The van der Waals surface area contributed by atoms with Crippen LogP contribution in [0.3, 0.4) is 0 Å². The summed E-state index contributed by atoms with van der Waals surface area (Å²) < 4.78 is 61.9. The smallest absolute Gasteiger partial charge is 0.405 e. The number of nitrogens with zero attached hydrogens (tertiary/aromatic N) is 1. The number of hydrogen-bond acceptors (Lipinski definition) is 5. The van der Waals surface area contributed by atoms with Crippen molar-refractivity contribution >= 4 is 38.5 Å². The van der Waals surface area contributed by atoms with Gasteiger partial charge in [0.05, 0.1) is 12.1 Å². The van der Waals surface area contributed by atoms with Gasteiger partial charge in [-0.15, -0.1) is 0 Å². The minimum Gasteiger partial charge on any atom is -0.455 e. The first kappa shape index (κ1) is 22.1. The number of hydrogen-bond donors (Lipinski definition) is 1. The molecule has 2 unspecified atom stereocenters. The number of halogens is 2. The van der Waals surface area contributed by atoms with Crippen LogP contribution in [0.5, 0.6) is 0 Å². The lowest BCUT2D eigenvalue weighted by atomic mass is 9.93. The molecule has 2 aromatic carbocycles. The zero-order chi connectivity index (χ0) is 22.1. The maximum absolute atomic E-state index is 13.6. The molecule has 1 amide bonds. The van der Waals surface area contributed by atoms with E-state index in [2.05, 4.69) is 4.74 Å². The lowest BCUT2D eigenvalue weighted by Crippen LogP contribution is -2.43. The summed E-state index contributed by atoms with van der Waals surface area (Å²) >= 11 is 0. The Hall–Kier alpha value is -2.59. The third-order valence-electron chi connectivity index (χ3n) is 5.15. The van der Waals surface area contributed by atoms with Gasteiger partial charge < -0.3 is 9.64 Å². The molecule has 1 heterocycles. The Morgan fingerprint density at radius 1 is 1.27 bits per heavy atom. The van der Waals surface area contributed by atoms with Crippen LogP contribution in [0, 0.1) is 5.92 Å². The Kier molecular flexibility index (Phi) is 6.09. The molecular weight excluding hydrogens is 420 g/mol. The highest BCUT2D eigenvalue weighted by atomic mass is 32.2. The maximum atomic E-state index is 13.6. The Morgan fingerprint density at radius 2 is 1.93 bits per heavy atom. The lowest BCUT2D eigenvalue weighted by Gasteiger charge is -2.33. The fourth-order valence-electron chi connectivity index (χ4n) is 3.52. The second kappa shape index (κ2) is 8.27. The number of rotatable bonds is 6. The topological polar surface area (TPSA) is 101 Å².